The van der Waals surface area contributed by atoms with Crippen molar-refractivity contribution < 1.29 is 58.9 Å². The SMILES string of the molecule is O=C1NC(=O)C(O)(O)C(O)(O)C1N1Cc2c(OC(O)(O)c3ccc(CN4CCOCC4)cc3F)cccc2C1=O. The summed E-state index contributed by atoms with van der Waals surface area (Å²) in [4.78, 5) is 39.9. The van der Waals surface area contributed by atoms with Crippen molar-refractivity contribution in [1.29, 1.82) is 0 Å². The molecule has 214 valence electrons. The second-order valence-corrected chi connectivity index (χ2v) is 9.75. The Morgan fingerprint density at radius 2 is 1.77 bits per heavy atom. The van der Waals surface area contributed by atoms with Crippen LogP contribution in [0.5, 0.6) is 5.75 Å². The molecule has 0 spiro atoms. The average Bonchev–Trinajstić information content (AvgIpc) is 3.20. The monoisotopic (exact) mass is 563 g/mol. The highest BCUT2D eigenvalue weighted by atomic mass is 19.1. The van der Waals surface area contributed by atoms with E-state index in [1.54, 1.807) is 5.32 Å². The first-order valence-electron chi connectivity index (χ1n) is 12.1. The van der Waals surface area contributed by atoms with Crippen molar-refractivity contribution in [1.82, 2.24) is 15.1 Å². The fraction of sp³-hybridized carbons (Fsp3) is 0.400. The molecule has 7 N–H and O–H groups in total. The van der Waals surface area contributed by atoms with Crippen molar-refractivity contribution >= 4 is 17.7 Å². The topological polar surface area (TPSA) is 210 Å². The van der Waals surface area contributed by atoms with Crippen LogP contribution < -0.4 is 10.1 Å². The van der Waals surface area contributed by atoms with Crippen molar-refractivity contribution in [2.75, 3.05) is 26.3 Å². The minimum atomic E-state index is -3.85. The summed E-state index contributed by atoms with van der Waals surface area (Å²) in [5.41, 5.74) is -0.287. The molecule has 3 amide bonds. The van der Waals surface area contributed by atoms with Gasteiger partial charge in [-0.2, -0.15) is 0 Å². The quantitative estimate of drug-likeness (QED) is 0.140. The third-order valence-electron chi connectivity index (χ3n) is 7.11. The van der Waals surface area contributed by atoms with Crippen molar-refractivity contribution in [3.8, 4) is 5.75 Å². The second kappa shape index (κ2) is 9.83. The predicted octanol–water partition coefficient (Wildman–Crippen LogP) is -2.83. The van der Waals surface area contributed by atoms with E-state index in [2.05, 4.69) is 0 Å². The van der Waals surface area contributed by atoms with Crippen LogP contribution >= 0.6 is 0 Å². The van der Waals surface area contributed by atoms with Gasteiger partial charge in [-0.1, -0.05) is 12.1 Å². The molecule has 3 aliphatic heterocycles. The molecule has 3 heterocycles. The van der Waals surface area contributed by atoms with Gasteiger partial charge in [-0.15, -0.1) is 0 Å². The van der Waals surface area contributed by atoms with Gasteiger partial charge in [-0.05, 0) is 29.8 Å². The van der Waals surface area contributed by atoms with E-state index in [-0.39, 0.29) is 16.9 Å². The molecule has 2 fully saturated rings. The molecule has 40 heavy (non-hydrogen) atoms. The molecule has 0 aliphatic carbocycles. The van der Waals surface area contributed by atoms with E-state index in [1.807, 2.05) is 4.90 Å². The summed E-state index contributed by atoms with van der Waals surface area (Å²) >= 11 is 0. The van der Waals surface area contributed by atoms with Crippen LogP contribution in [0.2, 0.25) is 0 Å². The Balaban J connectivity index is 1.39. The minimum absolute atomic E-state index is 0.0636. The van der Waals surface area contributed by atoms with Crippen molar-refractivity contribution in [3.63, 3.8) is 0 Å². The number of piperidine rings is 1. The van der Waals surface area contributed by atoms with Gasteiger partial charge < -0.3 is 45.0 Å². The second-order valence-electron chi connectivity index (χ2n) is 9.75. The zero-order valence-corrected chi connectivity index (χ0v) is 20.8. The molecule has 0 radical (unpaired) electrons. The van der Waals surface area contributed by atoms with Crippen LogP contribution in [0.25, 0.3) is 0 Å². The Bertz CT molecular complexity index is 1370. The molecule has 2 saturated heterocycles. The molecular formula is C25H26FN3O11. The van der Waals surface area contributed by atoms with Crippen LogP contribution in [0.4, 0.5) is 4.39 Å². The normalized spacial score (nSPS) is 22.7. The standard InChI is InChI=1S/C25H26FN3O11/c26-17-10-13(11-28-6-8-39-9-7-28)4-5-16(17)25(37,38)40-18-3-1-2-14-15(18)12-29(21(14)31)19-20(30)27-22(32)24(35,36)23(19,33)34/h1-5,10,19,33-38H,6-9,11-12H2,(H,27,30,32). The summed E-state index contributed by atoms with van der Waals surface area (Å²) in [5, 5.41) is 63.4. The number of amides is 3. The van der Waals surface area contributed by atoms with Gasteiger partial charge in [-0.3, -0.25) is 24.6 Å². The highest BCUT2D eigenvalue weighted by molar-refractivity contribution is 6.08. The largest absolute Gasteiger partial charge is 0.435 e. The first-order valence-corrected chi connectivity index (χ1v) is 12.1. The lowest BCUT2D eigenvalue weighted by atomic mass is 9.90. The van der Waals surface area contributed by atoms with Gasteiger partial charge in [0, 0.05) is 30.8 Å². The number of imide groups is 1. The molecule has 0 bridgehead atoms. The number of carbonyl (C=O) groups excluding carboxylic acids is 3. The zero-order valence-electron chi connectivity index (χ0n) is 20.8. The van der Waals surface area contributed by atoms with E-state index in [0.717, 1.165) is 12.1 Å². The van der Waals surface area contributed by atoms with E-state index in [0.29, 0.717) is 43.3 Å². The minimum Gasteiger partial charge on any atom is -0.435 e. The van der Waals surface area contributed by atoms with Gasteiger partial charge in [0.1, 0.15) is 11.6 Å². The van der Waals surface area contributed by atoms with E-state index in [4.69, 9.17) is 9.47 Å². The summed E-state index contributed by atoms with van der Waals surface area (Å²) in [6, 6.07) is 5.18. The maximum atomic E-state index is 15.0. The van der Waals surface area contributed by atoms with Crippen LogP contribution in [-0.2, 0) is 33.4 Å². The Morgan fingerprint density at radius 1 is 1.07 bits per heavy atom. The number of fused-ring (bicyclic) bond motifs is 1. The van der Waals surface area contributed by atoms with Crippen molar-refractivity contribution in [3.05, 3.63) is 64.5 Å². The van der Waals surface area contributed by atoms with Crippen LogP contribution in [0.1, 0.15) is 27.0 Å². The van der Waals surface area contributed by atoms with Gasteiger partial charge in [0.15, 0.2) is 6.04 Å². The number of halogens is 1. The molecule has 1 atom stereocenters. The summed E-state index contributed by atoms with van der Waals surface area (Å²) in [5.74, 6) is -16.4. The molecule has 1 unspecified atom stereocenters. The lowest BCUT2D eigenvalue weighted by Crippen LogP contribution is -2.79. The highest BCUT2D eigenvalue weighted by Crippen LogP contribution is 2.39. The van der Waals surface area contributed by atoms with Gasteiger partial charge in [0.05, 0.1) is 25.3 Å². The first kappa shape index (κ1) is 28.0. The number of nitrogens with one attached hydrogen (secondary N) is 1. The highest BCUT2D eigenvalue weighted by Gasteiger charge is 2.67. The summed E-state index contributed by atoms with van der Waals surface area (Å²) in [6.07, 6.45) is 0. The molecule has 3 aliphatic rings. The third-order valence-corrected chi connectivity index (χ3v) is 7.11. The fourth-order valence-electron chi connectivity index (χ4n) is 4.94. The van der Waals surface area contributed by atoms with Crippen LogP contribution in [-0.4, -0.2) is 102 Å². The van der Waals surface area contributed by atoms with Gasteiger partial charge in [0.2, 0.25) is 0 Å². The predicted molar refractivity (Wildman–Crippen MR) is 127 cm³/mol. The Labute approximate surface area is 225 Å². The van der Waals surface area contributed by atoms with Gasteiger partial charge in [0.25, 0.3) is 23.5 Å². The lowest BCUT2D eigenvalue weighted by Gasteiger charge is -2.44. The molecule has 2 aromatic rings. The molecule has 15 heteroatoms. The summed E-state index contributed by atoms with van der Waals surface area (Å²) < 4.78 is 25.6. The molecule has 14 nitrogen and oxygen atoms in total. The summed E-state index contributed by atoms with van der Waals surface area (Å²) in [6.45, 7) is 2.22. The van der Waals surface area contributed by atoms with E-state index in [1.165, 1.54) is 24.3 Å². The Hall–Kier alpha value is -3.54. The molecule has 0 saturated carbocycles. The molecule has 5 rings (SSSR count). The number of carbonyl (C=O) groups is 3. The van der Waals surface area contributed by atoms with E-state index < -0.39 is 59.2 Å². The third kappa shape index (κ3) is 4.61. The molecular weight excluding hydrogens is 537 g/mol. The zero-order chi connectivity index (χ0) is 29.0. The number of hydrogen-bond donors (Lipinski definition) is 7. The van der Waals surface area contributed by atoms with Crippen LogP contribution in [0.3, 0.4) is 0 Å². The van der Waals surface area contributed by atoms with Crippen LogP contribution in [0, 0.1) is 5.82 Å². The molecule has 2 aromatic carbocycles. The van der Waals surface area contributed by atoms with E-state index in [9.17, 15) is 49.4 Å². The molecule has 0 aromatic heterocycles. The fourth-order valence-corrected chi connectivity index (χ4v) is 4.94. The maximum absolute atomic E-state index is 15.0. The number of benzene rings is 2. The van der Waals surface area contributed by atoms with Gasteiger partial charge in [-0.25, -0.2) is 4.39 Å². The van der Waals surface area contributed by atoms with Crippen LogP contribution in [0.15, 0.2) is 36.4 Å². The number of hydrogen-bond acceptors (Lipinski definition) is 12. The van der Waals surface area contributed by atoms with Crippen molar-refractivity contribution in [2.45, 2.75) is 36.7 Å². The Kier molecular flexibility index (Phi) is 6.88. The summed E-state index contributed by atoms with van der Waals surface area (Å²) in [7, 11) is 0. The maximum Gasteiger partial charge on any atom is 0.354 e. The average molecular weight is 563 g/mol. The first-order chi connectivity index (χ1) is 18.7. The number of aliphatic hydroxyl groups is 6. The number of ether oxygens (including phenoxy) is 2. The smallest absolute Gasteiger partial charge is 0.354 e. The number of morpholine rings is 1. The Morgan fingerprint density at radius 3 is 2.45 bits per heavy atom. The lowest BCUT2D eigenvalue weighted by molar-refractivity contribution is -0.355. The van der Waals surface area contributed by atoms with Crippen molar-refractivity contribution in [2.24, 2.45) is 0 Å². The number of rotatable bonds is 6. The number of nitrogens with zero attached hydrogens (tertiary/aromatic N) is 2. The van der Waals surface area contributed by atoms with Gasteiger partial charge >= 0.3 is 11.8 Å². The van der Waals surface area contributed by atoms with E-state index >= 15 is 0 Å².